The normalized spacial score (nSPS) is 10.4. The number of carbonyl (C=O) groups is 2. The maximum Gasteiger partial charge on any atom is 0.253 e. The number of halogens is 1. The van der Waals surface area contributed by atoms with Crippen LogP contribution in [0.15, 0.2) is 28.7 Å². The van der Waals surface area contributed by atoms with E-state index in [9.17, 15) is 9.59 Å². The topological polar surface area (TPSA) is 98.2 Å². The van der Waals surface area contributed by atoms with E-state index in [1.54, 1.807) is 0 Å². The molecule has 0 aliphatic rings. The molecule has 0 saturated carbocycles. The first kappa shape index (κ1) is 15.5. The molecular weight excluding hydrogens is 354 g/mol. The Labute approximate surface area is 134 Å². The SMILES string of the molecule is CC(=O)c1sc(NCc2cccc(Br)c2)c(C(N)=O)c1N. The Bertz CT molecular complexity index is 712. The van der Waals surface area contributed by atoms with Gasteiger partial charge in [-0.1, -0.05) is 28.1 Å². The largest absolute Gasteiger partial charge is 0.397 e. The fraction of sp³-hybridized carbons (Fsp3) is 0.143. The van der Waals surface area contributed by atoms with Crippen molar-refractivity contribution in [1.82, 2.24) is 0 Å². The Hall–Kier alpha value is -1.86. The van der Waals surface area contributed by atoms with E-state index in [1.165, 1.54) is 6.92 Å². The summed E-state index contributed by atoms with van der Waals surface area (Å²) in [6.45, 7) is 1.90. The summed E-state index contributed by atoms with van der Waals surface area (Å²) in [5.41, 5.74) is 12.5. The molecule has 2 rings (SSSR count). The lowest BCUT2D eigenvalue weighted by molar-refractivity contribution is 0.100. The van der Waals surface area contributed by atoms with Crippen LogP contribution in [0.3, 0.4) is 0 Å². The second-order valence-electron chi connectivity index (χ2n) is 4.45. The van der Waals surface area contributed by atoms with Crippen LogP contribution in [-0.4, -0.2) is 11.7 Å². The first-order valence-electron chi connectivity index (χ1n) is 6.11. The van der Waals surface area contributed by atoms with Gasteiger partial charge >= 0.3 is 0 Å². The summed E-state index contributed by atoms with van der Waals surface area (Å²) >= 11 is 4.54. The molecule has 0 spiro atoms. The molecule has 21 heavy (non-hydrogen) atoms. The van der Waals surface area contributed by atoms with Crippen LogP contribution in [0.25, 0.3) is 0 Å². The molecule has 0 atom stereocenters. The lowest BCUT2D eigenvalue weighted by Gasteiger charge is -2.06. The standard InChI is InChI=1S/C14H14BrN3O2S/c1-7(19)12-11(16)10(13(17)20)14(21-12)18-6-8-3-2-4-9(15)5-8/h2-5,18H,6,16H2,1H3,(H2,17,20). The minimum atomic E-state index is -0.645. The van der Waals surface area contributed by atoms with E-state index >= 15 is 0 Å². The van der Waals surface area contributed by atoms with Crippen molar-refractivity contribution in [3.63, 3.8) is 0 Å². The van der Waals surface area contributed by atoms with Gasteiger partial charge in [0, 0.05) is 17.9 Å². The van der Waals surface area contributed by atoms with Gasteiger partial charge in [-0.05, 0) is 17.7 Å². The molecule has 0 aliphatic carbocycles. The third-order valence-corrected chi connectivity index (χ3v) is 4.61. The molecule has 5 nitrogen and oxygen atoms in total. The molecule has 0 unspecified atom stereocenters. The number of benzene rings is 1. The highest BCUT2D eigenvalue weighted by atomic mass is 79.9. The first-order valence-corrected chi connectivity index (χ1v) is 7.72. The third kappa shape index (κ3) is 3.43. The van der Waals surface area contributed by atoms with Crippen LogP contribution < -0.4 is 16.8 Å². The second-order valence-corrected chi connectivity index (χ2v) is 6.39. The number of ketones is 1. The third-order valence-electron chi connectivity index (χ3n) is 2.85. The highest BCUT2D eigenvalue weighted by Gasteiger charge is 2.22. The molecular formula is C14H14BrN3O2S. The molecule has 0 bridgehead atoms. The molecule has 7 heteroatoms. The molecule has 1 amide bonds. The van der Waals surface area contributed by atoms with Crippen LogP contribution in [-0.2, 0) is 6.54 Å². The number of thiophene rings is 1. The molecule has 1 heterocycles. The van der Waals surface area contributed by atoms with E-state index in [4.69, 9.17) is 11.5 Å². The number of nitrogens with one attached hydrogen (secondary N) is 1. The second kappa shape index (κ2) is 6.28. The number of hydrogen-bond acceptors (Lipinski definition) is 5. The van der Waals surface area contributed by atoms with E-state index in [2.05, 4.69) is 21.2 Å². The predicted octanol–water partition coefficient (Wildman–Crippen LogP) is 3.01. The van der Waals surface area contributed by atoms with Crippen molar-refractivity contribution in [3.05, 3.63) is 44.7 Å². The summed E-state index contributed by atoms with van der Waals surface area (Å²) in [7, 11) is 0. The number of nitrogen functional groups attached to an aromatic ring is 1. The minimum Gasteiger partial charge on any atom is -0.397 e. The zero-order valence-electron chi connectivity index (χ0n) is 11.3. The summed E-state index contributed by atoms with van der Waals surface area (Å²) in [5, 5.41) is 3.64. The van der Waals surface area contributed by atoms with Gasteiger partial charge in [0.15, 0.2) is 5.78 Å². The van der Waals surface area contributed by atoms with Gasteiger partial charge in [-0.2, -0.15) is 0 Å². The Kier molecular flexibility index (Phi) is 4.64. The molecule has 0 aliphatic heterocycles. The van der Waals surface area contributed by atoms with E-state index in [0.29, 0.717) is 16.4 Å². The average Bonchev–Trinajstić information content (AvgIpc) is 2.73. The van der Waals surface area contributed by atoms with E-state index in [-0.39, 0.29) is 17.0 Å². The van der Waals surface area contributed by atoms with Crippen LogP contribution in [0.2, 0.25) is 0 Å². The van der Waals surface area contributed by atoms with Crippen LogP contribution >= 0.6 is 27.3 Å². The average molecular weight is 368 g/mol. The fourth-order valence-corrected chi connectivity index (χ4v) is 3.37. The summed E-state index contributed by atoms with van der Waals surface area (Å²) < 4.78 is 0.965. The summed E-state index contributed by atoms with van der Waals surface area (Å²) in [6, 6.07) is 7.75. The number of amides is 1. The van der Waals surface area contributed by atoms with Crippen molar-refractivity contribution in [2.75, 3.05) is 11.1 Å². The molecule has 2 aromatic rings. The van der Waals surface area contributed by atoms with Gasteiger partial charge in [-0.25, -0.2) is 0 Å². The van der Waals surface area contributed by atoms with Crippen molar-refractivity contribution in [3.8, 4) is 0 Å². The van der Waals surface area contributed by atoms with Gasteiger partial charge in [0.2, 0.25) is 0 Å². The van der Waals surface area contributed by atoms with Crippen molar-refractivity contribution in [1.29, 1.82) is 0 Å². The van der Waals surface area contributed by atoms with Crippen LogP contribution in [0, 0.1) is 0 Å². The van der Waals surface area contributed by atoms with Crippen molar-refractivity contribution in [2.24, 2.45) is 5.73 Å². The van der Waals surface area contributed by atoms with Gasteiger partial charge in [0.25, 0.3) is 5.91 Å². The predicted molar refractivity (Wildman–Crippen MR) is 88.7 cm³/mol. The fourth-order valence-electron chi connectivity index (χ4n) is 1.90. The Morgan fingerprint density at radius 1 is 1.38 bits per heavy atom. The van der Waals surface area contributed by atoms with Gasteiger partial charge in [0.05, 0.1) is 16.1 Å². The maximum absolute atomic E-state index is 11.5. The number of rotatable bonds is 5. The van der Waals surface area contributed by atoms with Crippen molar-refractivity contribution in [2.45, 2.75) is 13.5 Å². The first-order chi connectivity index (χ1) is 9.90. The molecule has 1 aromatic heterocycles. The molecule has 1 aromatic carbocycles. The number of anilines is 2. The van der Waals surface area contributed by atoms with Crippen molar-refractivity contribution >= 4 is 49.6 Å². The Morgan fingerprint density at radius 3 is 2.67 bits per heavy atom. The highest BCUT2D eigenvalue weighted by molar-refractivity contribution is 9.10. The highest BCUT2D eigenvalue weighted by Crippen LogP contribution is 2.36. The van der Waals surface area contributed by atoms with Gasteiger partial charge in [-0.15, -0.1) is 11.3 Å². The minimum absolute atomic E-state index is 0.150. The van der Waals surface area contributed by atoms with E-state index in [1.807, 2.05) is 24.3 Å². The van der Waals surface area contributed by atoms with Crippen molar-refractivity contribution < 1.29 is 9.59 Å². The van der Waals surface area contributed by atoms with Gasteiger partial charge in [-0.3, -0.25) is 9.59 Å². The van der Waals surface area contributed by atoms with Crippen LogP contribution in [0.1, 0.15) is 32.5 Å². The number of primary amides is 1. The molecule has 0 radical (unpaired) electrons. The van der Waals surface area contributed by atoms with Crippen LogP contribution in [0.5, 0.6) is 0 Å². The zero-order chi connectivity index (χ0) is 15.6. The lowest BCUT2D eigenvalue weighted by Crippen LogP contribution is -2.15. The van der Waals surface area contributed by atoms with Crippen LogP contribution in [0.4, 0.5) is 10.7 Å². The quantitative estimate of drug-likeness (QED) is 0.707. The molecule has 0 saturated heterocycles. The summed E-state index contributed by atoms with van der Waals surface area (Å²) in [5.74, 6) is -0.830. The smallest absolute Gasteiger partial charge is 0.253 e. The van der Waals surface area contributed by atoms with E-state index in [0.717, 1.165) is 21.4 Å². The van der Waals surface area contributed by atoms with E-state index < -0.39 is 5.91 Å². The number of carbonyl (C=O) groups excluding carboxylic acids is 2. The van der Waals surface area contributed by atoms with Gasteiger partial charge in [0.1, 0.15) is 5.00 Å². The molecule has 110 valence electrons. The molecule has 5 N–H and O–H groups in total. The number of hydrogen-bond donors (Lipinski definition) is 3. The molecule has 0 fully saturated rings. The lowest BCUT2D eigenvalue weighted by atomic mass is 10.2. The summed E-state index contributed by atoms with van der Waals surface area (Å²) in [6.07, 6.45) is 0. The van der Waals surface area contributed by atoms with Gasteiger partial charge < -0.3 is 16.8 Å². The monoisotopic (exact) mass is 367 g/mol. The zero-order valence-corrected chi connectivity index (χ0v) is 13.7. The maximum atomic E-state index is 11.5. The summed E-state index contributed by atoms with van der Waals surface area (Å²) in [4.78, 5) is 23.4. The Morgan fingerprint density at radius 2 is 2.10 bits per heavy atom. The Balaban J connectivity index is 2.29. The number of Topliss-reactive ketones (excluding diaryl/α,β-unsaturated/α-hetero) is 1. The number of nitrogens with two attached hydrogens (primary N) is 2.